The zero-order chi connectivity index (χ0) is 20.2. The Balaban J connectivity index is 1.63. The molecule has 0 bridgehead atoms. The number of hydrogen-bond donors (Lipinski definition) is 1. The number of aromatic nitrogens is 1. The second kappa shape index (κ2) is 8.87. The number of benzene rings is 3. The van der Waals surface area contributed by atoms with Crippen molar-refractivity contribution in [2.75, 3.05) is 0 Å². The average Bonchev–Trinajstić information content (AvgIpc) is 2.72. The quantitative estimate of drug-likeness (QED) is 0.380. The van der Waals surface area contributed by atoms with Gasteiger partial charge in [-0.25, -0.2) is 4.98 Å². The van der Waals surface area contributed by atoms with Crippen molar-refractivity contribution in [2.24, 2.45) is 0 Å². The Labute approximate surface area is 183 Å². The van der Waals surface area contributed by atoms with E-state index in [1.165, 1.54) is 11.8 Å². The lowest BCUT2D eigenvalue weighted by Gasteiger charge is -2.11. The minimum atomic E-state index is -0.147. The van der Waals surface area contributed by atoms with E-state index in [1.807, 2.05) is 78.9 Å². The first-order valence-electron chi connectivity index (χ1n) is 8.94. The van der Waals surface area contributed by atoms with E-state index in [9.17, 15) is 4.79 Å². The third-order valence-corrected chi connectivity index (χ3v) is 5.72. The first-order valence-corrected chi connectivity index (χ1v) is 10.5. The summed E-state index contributed by atoms with van der Waals surface area (Å²) in [6, 6.07) is 24.4. The Kier molecular flexibility index (Phi) is 6.05. The number of rotatable bonds is 5. The van der Waals surface area contributed by atoms with E-state index in [-0.39, 0.29) is 5.91 Å². The van der Waals surface area contributed by atoms with Crippen molar-refractivity contribution in [1.29, 1.82) is 0 Å². The van der Waals surface area contributed by atoms with Gasteiger partial charge in [-0.05, 0) is 48.0 Å². The number of halogens is 2. The van der Waals surface area contributed by atoms with Crippen LogP contribution in [0.15, 0.2) is 88.8 Å². The number of carbonyl (C=O) groups is 1. The SMILES string of the molecule is O=C(NCc1ccc(Cl)cc1)c1cc(Sc2cccc(Cl)c2)nc2ccccc12. The van der Waals surface area contributed by atoms with Crippen LogP contribution in [0, 0.1) is 0 Å². The molecule has 0 fully saturated rings. The Hall–Kier alpha value is -2.53. The summed E-state index contributed by atoms with van der Waals surface area (Å²) in [6.07, 6.45) is 0. The van der Waals surface area contributed by atoms with Crippen LogP contribution in [0.25, 0.3) is 10.9 Å². The third kappa shape index (κ3) is 4.91. The number of amides is 1. The predicted molar refractivity (Wildman–Crippen MR) is 120 cm³/mol. The number of para-hydroxylation sites is 1. The number of hydrogen-bond acceptors (Lipinski definition) is 3. The average molecular weight is 439 g/mol. The summed E-state index contributed by atoms with van der Waals surface area (Å²) < 4.78 is 0. The van der Waals surface area contributed by atoms with Crippen molar-refractivity contribution in [3.63, 3.8) is 0 Å². The van der Waals surface area contributed by atoms with Crippen molar-refractivity contribution in [3.05, 3.63) is 100 Å². The Morgan fingerprint density at radius 1 is 0.897 bits per heavy atom. The molecule has 0 saturated carbocycles. The molecule has 0 aliphatic carbocycles. The van der Waals surface area contributed by atoms with Crippen LogP contribution >= 0.6 is 35.0 Å². The van der Waals surface area contributed by atoms with Gasteiger partial charge in [-0.1, -0.05) is 71.4 Å². The fourth-order valence-electron chi connectivity index (χ4n) is 2.92. The Morgan fingerprint density at radius 2 is 1.69 bits per heavy atom. The summed E-state index contributed by atoms with van der Waals surface area (Å²) in [7, 11) is 0. The van der Waals surface area contributed by atoms with Crippen LogP contribution < -0.4 is 5.32 Å². The number of fused-ring (bicyclic) bond motifs is 1. The van der Waals surface area contributed by atoms with Gasteiger partial charge < -0.3 is 5.32 Å². The minimum Gasteiger partial charge on any atom is -0.348 e. The fraction of sp³-hybridized carbons (Fsp3) is 0.0435. The van der Waals surface area contributed by atoms with Crippen LogP contribution in [-0.4, -0.2) is 10.9 Å². The predicted octanol–water partition coefficient (Wildman–Crippen LogP) is 6.62. The molecule has 0 unspecified atom stereocenters. The Morgan fingerprint density at radius 3 is 2.48 bits per heavy atom. The summed E-state index contributed by atoms with van der Waals surface area (Å²) in [5, 5.41) is 5.87. The van der Waals surface area contributed by atoms with Gasteiger partial charge in [0.05, 0.1) is 11.1 Å². The van der Waals surface area contributed by atoms with E-state index in [0.717, 1.165) is 26.4 Å². The number of nitrogens with one attached hydrogen (secondary N) is 1. The van der Waals surface area contributed by atoms with Crippen molar-refractivity contribution in [1.82, 2.24) is 10.3 Å². The standard InChI is InChI=1S/C23H16Cl2N2OS/c24-16-10-8-15(9-11-16)14-26-23(28)20-13-22(27-21-7-2-1-6-19(20)21)29-18-5-3-4-17(25)12-18/h1-13H,14H2,(H,26,28). The highest BCUT2D eigenvalue weighted by Crippen LogP contribution is 2.31. The van der Waals surface area contributed by atoms with Crippen LogP contribution in [-0.2, 0) is 6.54 Å². The highest BCUT2D eigenvalue weighted by atomic mass is 35.5. The molecule has 0 radical (unpaired) electrons. The molecular weight excluding hydrogens is 423 g/mol. The molecule has 4 aromatic rings. The van der Waals surface area contributed by atoms with E-state index < -0.39 is 0 Å². The molecule has 3 aromatic carbocycles. The maximum atomic E-state index is 13.0. The molecule has 6 heteroatoms. The maximum absolute atomic E-state index is 13.0. The molecule has 0 saturated heterocycles. The first kappa shape index (κ1) is 19.8. The molecule has 0 atom stereocenters. The highest BCUT2D eigenvalue weighted by molar-refractivity contribution is 7.99. The van der Waals surface area contributed by atoms with Crippen molar-refractivity contribution >= 4 is 51.8 Å². The van der Waals surface area contributed by atoms with Gasteiger partial charge in [0, 0.05) is 26.9 Å². The molecule has 29 heavy (non-hydrogen) atoms. The molecule has 4 rings (SSSR count). The molecule has 1 heterocycles. The van der Waals surface area contributed by atoms with Crippen LogP contribution in [0.5, 0.6) is 0 Å². The monoisotopic (exact) mass is 438 g/mol. The number of carbonyl (C=O) groups excluding carboxylic acids is 1. The second-order valence-electron chi connectivity index (χ2n) is 6.39. The third-order valence-electron chi connectivity index (χ3n) is 4.32. The lowest BCUT2D eigenvalue weighted by atomic mass is 10.1. The lowest BCUT2D eigenvalue weighted by Crippen LogP contribution is -2.23. The second-order valence-corrected chi connectivity index (χ2v) is 8.36. The minimum absolute atomic E-state index is 0.147. The van der Waals surface area contributed by atoms with Gasteiger partial charge in [-0.2, -0.15) is 0 Å². The van der Waals surface area contributed by atoms with Crippen LogP contribution in [0.4, 0.5) is 0 Å². The Bertz CT molecular complexity index is 1180. The zero-order valence-electron chi connectivity index (χ0n) is 15.2. The van der Waals surface area contributed by atoms with Crippen molar-refractivity contribution in [3.8, 4) is 0 Å². The molecule has 0 spiro atoms. The first-order chi connectivity index (χ1) is 14.1. The molecule has 1 aromatic heterocycles. The maximum Gasteiger partial charge on any atom is 0.252 e. The van der Waals surface area contributed by atoms with E-state index >= 15 is 0 Å². The molecular formula is C23H16Cl2N2OS. The van der Waals surface area contributed by atoms with Crippen LogP contribution in [0.3, 0.4) is 0 Å². The lowest BCUT2D eigenvalue weighted by molar-refractivity contribution is 0.0952. The van der Waals surface area contributed by atoms with Crippen molar-refractivity contribution < 1.29 is 4.79 Å². The van der Waals surface area contributed by atoms with E-state index in [1.54, 1.807) is 0 Å². The van der Waals surface area contributed by atoms with Gasteiger partial charge in [0.1, 0.15) is 5.03 Å². The summed E-state index contributed by atoms with van der Waals surface area (Å²) >= 11 is 13.5. The summed E-state index contributed by atoms with van der Waals surface area (Å²) in [5.41, 5.74) is 2.35. The molecule has 0 aliphatic heterocycles. The van der Waals surface area contributed by atoms with E-state index in [2.05, 4.69) is 5.32 Å². The summed E-state index contributed by atoms with van der Waals surface area (Å²) in [4.78, 5) is 18.6. The zero-order valence-corrected chi connectivity index (χ0v) is 17.6. The highest BCUT2D eigenvalue weighted by Gasteiger charge is 2.14. The van der Waals surface area contributed by atoms with Gasteiger partial charge >= 0.3 is 0 Å². The fourth-order valence-corrected chi connectivity index (χ4v) is 4.20. The van der Waals surface area contributed by atoms with Gasteiger partial charge in [-0.15, -0.1) is 0 Å². The largest absolute Gasteiger partial charge is 0.348 e. The molecule has 1 N–H and O–H groups in total. The molecule has 144 valence electrons. The summed E-state index contributed by atoms with van der Waals surface area (Å²) in [6.45, 7) is 0.420. The number of nitrogens with zero attached hydrogens (tertiary/aromatic N) is 1. The van der Waals surface area contributed by atoms with Crippen molar-refractivity contribution in [2.45, 2.75) is 16.5 Å². The molecule has 1 amide bonds. The normalized spacial score (nSPS) is 10.8. The van der Waals surface area contributed by atoms with Gasteiger partial charge in [-0.3, -0.25) is 4.79 Å². The van der Waals surface area contributed by atoms with Crippen LogP contribution in [0.2, 0.25) is 10.0 Å². The molecule has 3 nitrogen and oxygen atoms in total. The van der Waals surface area contributed by atoms with Gasteiger partial charge in [0.15, 0.2) is 0 Å². The van der Waals surface area contributed by atoms with E-state index in [0.29, 0.717) is 22.2 Å². The topological polar surface area (TPSA) is 42.0 Å². The number of pyridine rings is 1. The van der Waals surface area contributed by atoms with Gasteiger partial charge in [0.2, 0.25) is 0 Å². The smallest absolute Gasteiger partial charge is 0.252 e. The summed E-state index contributed by atoms with van der Waals surface area (Å²) in [5.74, 6) is -0.147. The van der Waals surface area contributed by atoms with Gasteiger partial charge in [0.25, 0.3) is 5.91 Å². The van der Waals surface area contributed by atoms with Crippen LogP contribution in [0.1, 0.15) is 15.9 Å². The van der Waals surface area contributed by atoms with E-state index in [4.69, 9.17) is 28.2 Å². The molecule has 0 aliphatic rings.